The van der Waals surface area contributed by atoms with E-state index in [0.717, 1.165) is 22.4 Å². The van der Waals surface area contributed by atoms with E-state index in [9.17, 15) is 9.59 Å². The maximum Gasteiger partial charge on any atom is 0.331 e. The summed E-state index contributed by atoms with van der Waals surface area (Å²) in [4.78, 5) is 27.6. The highest BCUT2D eigenvalue weighted by Crippen LogP contribution is 2.19. The number of carbonyl (C=O) groups excluding carboxylic acids is 2. The van der Waals surface area contributed by atoms with Gasteiger partial charge in [0.1, 0.15) is 0 Å². The van der Waals surface area contributed by atoms with Gasteiger partial charge in [0.25, 0.3) is 5.91 Å². The van der Waals surface area contributed by atoms with Crippen molar-refractivity contribution in [3.63, 3.8) is 0 Å². The molecule has 1 aliphatic heterocycles. The normalized spacial score (nSPS) is 14.7. The Labute approximate surface area is 164 Å². The highest BCUT2D eigenvalue weighted by Gasteiger charge is 2.26. The van der Waals surface area contributed by atoms with Crippen LogP contribution in [0.5, 0.6) is 0 Å². The average Bonchev–Trinajstić information content (AvgIpc) is 2.71. The smallest absolute Gasteiger partial charge is 0.331 e. The van der Waals surface area contributed by atoms with Crippen molar-refractivity contribution in [1.29, 1.82) is 0 Å². The van der Waals surface area contributed by atoms with Crippen LogP contribution in [-0.2, 0) is 27.3 Å². The molecular weight excluding hydrogens is 358 g/mol. The number of amides is 1. The molecule has 0 fully saturated rings. The Morgan fingerprint density at radius 3 is 2.52 bits per heavy atom. The molecule has 0 unspecified atom stereocenters. The van der Waals surface area contributed by atoms with Crippen molar-refractivity contribution >= 4 is 29.7 Å². The van der Waals surface area contributed by atoms with E-state index in [2.05, 4.69) is 6.07 Å². The van der Waals surface area contributed by atoms with Crippen molar-refractivity contribution in [1.82, 2.24) is 4.90 Å². The van der Waals surface area contributed by atoms with Crippen LogP contribution >= 0.6 is 11.8 Å². The van der Waals surface area contributed by atoms with E-state index in [1.165, 1.54) is 11.6 Å². The zero-order valence-corrected chi connectivity index (χ0v) is 16.4. The van der Waals surface area contributed by atoms with Gasteiger partial charge in [0.05, 0.1) is 0 Å². The third-order valence-electron chi connectivity index (χ3n) is 4.61. The maximum atomic E-state index is 12.6. The van der Waals surface area contributed by atoms with Crippen LogP contribution in [0, 0.1) is 0 Å². The molecule has 0 aromatic heterocycles. The van der Waals surface area contributed by atoms with Crippen LogP contribution in [0.1, 0.15) is 23.6 Å². The largest absolute Gasteiger partial charge is 0.449 e. The van der Waals surface area contributed by atoms with Gasteiger partial charge in [0.15, 0.2) is 6.10 Å². The molecule has 0 spiro atoms. The quantitative estimate of drug-likeness (QED) is 0.447. The molecule has 1 amide bonds. The minimum absolute atomic E-state index is 0.157. The Hall–Kier alpha value is -2.53. The number of rotatable bonds is 5. The minimum Gasteiger partial charge on any atom is -0.449 e. The summed E-state index contributed by atoms with van der Waals surface area (Å²) in [6, 6.07) is 16.0. The predicted molar refractivity (Wildman–Crippen MR) is 108 cm³/mol. The molecule has 0 saturated heterocycles. The second-order valence-electron chi connectivity index (χ2n) is 6.46. The Balaban J connectivity index is 1.54. The van der Waals surface area contributed by atoms with Crippen LogP contribution in [0.25, 0.3) is 6.08 Å². The Morgan fingerprint density at radius 1 is 1.11 bits per heavy atom. The third-order valence-corrected chi connectivity index (χ3v) is 5.35. The molecule has 0 bridgehead atoms. The first-order valence-electron chi connectivity index (χ1n) is 8.95. The lowest BCUT2D eigenvalue weighted by atomic mass is 9.99. The number of benzene rings is 2. The molecule has 4 nitrogen and oxygen atoms in total. The van der Waals surface area contributed by atoms with Crippen molar-refractivity contribution in [3.05, 3.63) is 71.3 Å². The van der Waals surface area contributed by atoms with Crippen LogP contribution in [0.3, 0.4) is 0 Å². The lowest BCUT2D eigenvalue weighted by molar-refractivity contribution is -0.155. The fourth-order valence-corrected chi connectivity index (χ4v) is 3.49. The molecule has 3 rings (SSSR count). The average molecular weight is 381 g/mol. The molecule has 5 heteroatoms. The monoisotopic (exact) mass is 381 g/mol. The molecule has 0 aliphatic carbocycles. The number of hydrogen-bond acceptors (Lipinski definition) is 4. The number of carbonyl (C=O) groups is 2. The number of hydrogen-bond donors (Lipinski definition) is 0. The molecule has 2 aromatic carbocycles. The van der Waals surface area contributed by atoms with E-state index in [0.29, 0.717) is 13.1 Å². The molecule has 0 radical (unpaired) electrons. The van der Waals surface area contributed by atoms with Crippen molar-refractivity contribution < 1.29 is 14.3 Å². The summed E-state index contributed by atoms with van der Waals surface area (Å²) in [6.45, 7) is 2.84. The Bertz CT molecular complexity index is 845. The zero-order valence-electron chi connectivity index (χ0n) is 15.6. The number of fused-ring (bicyclic) bond motifs is 1. The van der Waals surface area contributed by atoms with Crippen LogP contribution in [0.4, 0.5) is 0 Å². The van der Waals surface area contributed by atoms with E-state index in [-0.39, 0.29) is 5.91 Å². The molecule has 2 aromatic rings. The van der Waals surface area contributed by atoms with Crippen LogP contribution < -0.4 is 0 Å². The highest BCUT2D eigenvalue weighted by atomic mass is 32.2. The van der Waals surface area contributed by atoms with E-state index in [4.69, 9.17) is 4.74 Å². The second kappa shape index (κ2) is 8.91. The second-order valence-corrected chi connectivity index (χ2v) is 7.34. The highest BCUT2D eigenvalue weighted by molar-refractivity contribution is 7.98. The fraction of sp³-hybridized carbons (Fsp3) is 0.273. The topological polar surface area (TPSA) is 46.6 Å². The molecule has 1 atom stereocenters. The Morgan fingerprint density at radius 2 is 1.81 bits per heavy atom. The van der Waals surface area contributed by atoms with Gasteiger partial charge in [-0.15, -0.1) is 11.8 Å². The molecule has 0 saturated carbocycles. The van der Waals surface area contributed by atoms with Gasteiger partial charge in [-0.1, -0.05) is 36.4 Å². The van der Waals surface area contributed by atoms with Gasteiger partial charge in [-0.2, -0.15) is 0 Å². The van der Waals surface area contributed by atoms with Gasteiger partial charge < -0.3 is 9.64 Å². The lowest BCUT2D eigenvalue weighted by Crippen LogP contribution is -2.42. The first-order valence-corrected chi connectivity index (χ1v) is 10.2. The SMILES string of the molecule is CSc1ccc(/C=C/C(=O)O[C@H](C)C(=O)N2CCc3ccccc3C2)cc1. The van der Waals surface area contributed by atoms with Gasteiger partial charge in [-0.3, -0.25) is 4.79 Å². The van der Waals surface area contributed by atoms with E-state index in [1.54, 1.807) is 29.7 Å². The number of esters is 1. The van der Waals surface area contributed by atoms with E-state index < -0.39 is 12.1 Å². The minimum atomic E-state index is -0.800. The summed E-state index contributed by atoms with van der Waals surface area (Å²) in [5.74, 6) is -0.669. The first kappa shape index (κ1) is 19.2. The number of nitrogens with zero attached hydrogens (tertiary/aromatic N) is 1. The van der Waals surface area contributed by atoms with E-state index >= 15 is 0 Å². The van der Waals surface area contributed by atoms with Crippen LogP contribution in [0.15, 0.2) is 59.5 Å². The van der Waals surface area contributed by atoms with Crippen LogP contribution in [-0.4, -0.2) is 35.7 Å². The van der Waals surface area contributed by atoms with Gasteiger partial charge >= 0.3 is 5.97 Å². The third kappa shape index (κ3) is 5.01. The lowest BCUT2D eigenvalue weighted by Gasteiger charge is -2.30. The summed E-state index contributed by atoms with van der Waals surface area (Å²) in [7, 11) is 0. The van der Waals surface area contributed by atoms with E-state index in [1.807, 2.05) is 48.7 Å². The summed E-state index contributed by atoms with van der Waals surface area (Å²) in [5.41, 5.74) is 3.35. The zero-order chi connectivity index (χ0) is 19.2. The fourth-order valence-electron chi connectivity index (χ4n) is 3.08. The molecule has 0 N–H and O–H groups in total. The Kier molecular flexibility index (Phi) is 6.35. The number of thioether (sulfide) groups is 1. The molecule has 140 valence electrons. The number of ether oxygens (including phenoxy) is 1. The summed E-state index contributed by atoms with van der Waals surface area (Å²) >= 11 is 1.66. The standard InChI is InChI=1S/C22H23NO3S/c1-16(22(25)23-14-13-18-5-3-4-6-19(18)15-23)26-21(24)12-9-17-7-10-20(27-2)11-8-17/h3-12,16H,13-15H2,1-2H3/b12-9+/t16-/m1/s1. The predicted octanol–water partition coefficient (Wildman–Crippen LogP) is 3.94. The summed E-state index contributed by atoms with van der Waals surface area (Å²) in [6.07, 6.45) is 5.10. The molecular formula is C22H23NO3S. The van der Waals surface area contributed by atoms with Crippen molar-refractivity contribution in [2.75, 3.05) is 12.8 Å². The first-order chi connectivity index (χ1) is 13.1. The van der Waals surface area contributed by atoms with Gasteiger partial charge in [0.2, 0.25) is 0 Å². The maximum absolute atomic E-state index is 12.6. The van der Waals surface area contributed by atoms with Gasteiger partial charge in [0, 0.05) is 24.1 Å². The molecule has 1 aliphatic rings. The van der Waals surface area contributed by atoms with Crippen molar-refractivity contribution in [3.8, 4) is 0 Å². The van der Waals surface area contributed by atoms with Crippen molar-refractivity contribution in [2.24, 2.45) is 0 Å². The summed E-state index contributed by atoms with van der Waals surface area (Å²) < 4.78 is 5.30. The molecule has 27 heavy (non-hydrogen) atoms. The van der Waals surface area contributed by atoms with Gasteiger partial charge in [-0.25, -0.2) is 4.79 Å². The summed E-state index contributed by atoms with van der Waals surface area (Å²) in [5, 5.41) is 0. The van der Waals surface area contributed by atoms with Crippen LogP contribution in [0.2, 0.25) is 0 Å². The van der Waals surface area contributed by atoms with Crippen molar-refractivity contribution in [2.45, 2.75) is 30.9 Å². The van der Waals surface area contributed by atoms with Gasteiger partial charge in [-0.05, 0) is 54.5 Å². The molecule has 1 heterocycles.